The van der Waals surface area contributed by atoms with E-state index >= 15 is 0 Å². The number of hydrogen-bond acceptors (Lipinski definition) is 8. The van der Waals surface area contributed by atoms with Gasteiger partial charge in [-0.05, 0) is 43.2 Å². The monoisotopic (exact) mass is 418 g/mol. The molecule has 0 saturated heterocycles. The van der Waals surface area contributed by atoms with Gasteiger partial charge in [-0.3, -0.25) is 0 Å². The van der Waals surface area contributed by atoms with Crippen LogP contribution in [0.2, 0.25) is 0 Å². The number of sulfonamides is 1. The Kier molecular flexibility index (Phi) is 6.55. The van der Waals surface area contributed by atoms with E-state index in [1.165, 1.54) is 17.7 Å². The van der Waals surface area contributed by atoms with Crippen molar-refractivity contribution in [1.29, 1.82) is 0 Å². The summed E-state index contributed by atoms with van der Waals surface area (Å²) in [6.07, 6.45) is 3.98. The lowest BCUT2D eigenvalue weighted by Crippen LogP contribution is -2.28. The van der Waals surface area contributed by atoms with Crippen LogP contribution in [0, 0.1) is 6.92 Å². The first-order valence-electron chi connectivity index (χ1n) is 8.80. The minimum absolute atomic E-state index is 0.244. The molecule has 3 aromatic heterocycles. The fourth-order valence-electron chi connectivity index (χ4n) is 2.40. The lowest BCUT2D eigenvalue weighted by molar-refractivity contribution is 0.585. The maximum absolute atomic E-state index is 12.3. The van der Waals surface area contributed by atoms with Gasteiger partial charge in [-0.1, -0.05) is 6.92 Å². The first-order valence-corrected chi connectivity index (χ1v) is 11.1. The Morgan fingerprint density at radius 1 is 1.00 bits per heavy atom. The van der Waals surface area contributed by atoms with Crippen molar-refractivity contribution in [3.63, 3.8) is 0 Å². The number of aryl methyl sites for hydroxylation is 2. The first-order chi connectivity index (χ1) is 13.5. The number of thiophene rings is 1. The zero-order valence-electron chi connectivity index (χ0n) is 15.6. The van der Waals surface area contributed by atoms with Gasteiger partial charge in [0, 0.05) is 30.2 Å². The van der Waals surface area contributed by atoms with Crippen LogP contribution < -0.4 is 15.4 Å². The molecule has 0 aliphatic rings. The summed E-state index contributed by atoms with van der Waals surface area (Å²) in [7, 11) is -3.48. The minimum Gasteiger partial charge on any atom is -0.369 e. The molecule has 3 N–H and O–H groups in total. The molecule has 0 bridgehead atoms. The van der Waals surface area contributed by atoms with Gasteiger partial charge in [-0.25, -0.2) is 28.1 Å². The lowest BCUT2D eigenvalue weighted by Gasteiger charge is -2.09. The molecule has 0 radical (unpaired) electrons. The summed E-state index contributed by atoms with van der Waals surface area (Å²) in [6.45, 7) is 4.62. The predicted molar refractivity (Wildman–Crippen MR) is 112 cm³/mol. The minimum atomic E-state index is -3.48. The summed E-state index contributed by atoms with van der Waals surface area (Å²) in [5, 5.41) is 6.20. The average Bonchev–Trinajstić information content (AvgIpc) is 3.16. The molecular formula is C18H22N6O2S2. The Morgan fingerprint density at radius 3 is 2.54 bits per heavy atom. The molecule has 28 heavy (non-hydrogen) atoms. The molecule has 148 valence electrons. The number of pyridine rings is 1. The van der Waals surface area contributed by atoms with Crippen molar-refractivity contribution in [3.8, 4) is 0 Å². The molecule has 10 heteroatoms. The molecule has 0 spiro atoms. The normalized spacial score (nSPS) is 11.4. The standard InChI is InChI=1S/C18H22N6O2S2/c1-3-14-4-5-18(27-14)28(25,26)23-9-8-20-15-11-17(22-12-21-15)24-16-10-13(2)6-7-19-16/h4-7,10-12,23H,3,8-9H2,1-2H3,(H2,19,20,21,22,24). The van der Waals surface area contributed by atoms with E-state index in [9.17, 15) is 8.42 Å². The quantitative estimate of drug-likeness (QED) is 0.458. The van der Waals surface area contributed by atoms with Crippen LogP contribution in [0.1, 0.15) is 17.4 Å². The molecular weight excluding hydrogens is 396 g/mol. The molecule has 3 aromatic rings. The van der Waals surface area contributed by atoms with Crippen molar-refractivity contribution in [2.45, 2.75) is 24.5 Å². The third-order valence-electron chi connectivity index (χ3n) is 3.81. The van der Waals surface area contributed by atoms with E-state index in [0.717, 1.165) is 16.9 Å². The van der Waals surface area contributed by atoms with Gasteiger partial charge >= 0.3 is 0 Å². The first kappa shape index (κ1) is 20.2. The maximum atomic E-state index is 12.3. The summed E-state index contributed by atoms with van der Waals surface area (Å²) in [5.74, 6) is 1.88. The van der Waals surface area contributed by atoms with Gasteiger partial charge < -0.3 is 10.6 Å². The van der Waals surface area contributed by atoms with Crippen molar-refractivity contribution in [2.75, 3.05) is 23.7 Å². The predicted octanol–water partition coefficient (Wildman–Crippen LogP) is 2.94. The van der Waals surface area contributed by atoms with E-state index in [2.05, 4.69) is 30.3 Å². The lowest BCUT2D eigenvalue weighted by atomic mass is 10.3. The fourth-order valence-corrected chi connectivity index (χ4v) is 4.77. The van der Waals surface area contributed by atoms with E-state index < -0.39 is 10.0 Å². The van der Waals surface area contributed by atoms with Gasteiger partial charge in [0.25, 0.3) is 0 Å². The smallest absolute Gasteiger partial charge is 0.250 e. The van der Waals surface area contributed by atoms with Crippen LogP contribution in [-0.2, 0) is 16.4 Å². The fraction of sp³-hybridized carbons (Fsp3) is 0.278. The summed E-state index contributed by atoms with van der Waals surface area (Å²) in [5.41, 5.74) is 1.09. The van der Waals surface area contributed by atoms with E-state index in [-0.39, 0.29) is 6.54 Å². The zero-order valence-corrected chi connectivity index (χ0v) is 17.3. The van der Waals surface area contributed by atoms with Crippen molar-refractivity contribution >= 4 is 38.8 Å². The number of rotatable bonds is 9. The van der Waals surface area contributed by atoms with Crippen LogP contribution in [0.4, 0.5) is 17.5 Å². The van der Waals surface area contributed by atoms with Gasteiger partial charge in [-0.15, -0.1) is 11.3 Å². The number of nitrogens with one attached hydrogen (secondary N) is 3. The van der Waals surface area contributed by atoms with Crippen LogP contribution >= 0.6 is 11.3 Å². The largest absolute Gasteiger partial charge is 0.369 e. The van der Waals surface area contributed by atoms with E-state index in [1.807, 2.05) is 32.0 Å². The molecule has 3 rings (SSSR count). The van der Waals surface area contributed by atoms with Gasteiger partial charge in [0.1, 0.15) is 28.0 Å². The van der Waals surface area contributed by atoms with Crippen molar-refractivity contribution in [3.05, 3.63) is 53.3 Å². The van der Waals surface area contributed by atoms with Gasteiger partial charge in [0.15, 0.2) is 0 Å². The highest BCUT2D eigenvalue weighted by atomic mass is 32.2. The molecule has 0 fully saturated rings. The molecule has 0 saturated carbocycles. The van der Waals surface area contributed by atoms with Crippen molar-refractivity contribution in [2.24, 2.45) is 0 Å². The number of aromatic nitrogens is 3. The highest BCUT2D eigenvalue weighted by Crippen LogP contribution is 2.21. The van der Waals surface area contributed by atoms with E-state index in [4.69, 9.17) is 0 Å². The van der Waals surface area contributed by atoms with E-state index in [0.29, 0.717) is 28.2 Å². The van der Waals surface area contributed by atoms with E-state index in [1.54, 1.807) is 18.3 Å². The zero-order chi connectivity index (χ0) is 20.0. The third kappa shape index (κ3) is 5.47. The summed E-state index contributed by atoms with van der Waals surface area (Å²) in [4.78, 5) is 13.6. The Balaban J connectivity index is 1.52. The Bertz CT molecular complexity index is 1040. The van der Waals surface area contributed by atoms with Crippen LogP contribution in [0.25, 0.3) is 0 Å². The second kappa shape index (κ2) is 9.09. The van der Waals surface area contributed by atoms with Crippen LogP contribution in [0.3, 0.4) is 0 Å². The molecule has 3 heterocycles. The highest BCUT2D eigenvalue weighted by molar-refractivity contribution is 7.91. The topological polar surface area (TPSA) is 109 Å². The van der Waals surface area contributed by atoms with Gasteiger partial charge in [0.2, 0.25) is 10.0 Å². The molecule has 0 aromatic carbocycles. The Hall–Kier alpha value is -2.56. The molecule has 0 amide bonds. The summed E-state index contributed by atoms with van der Waals surface area (Å²) >= 11 is 1.29. The van der Waals surface area contributed by atoms with Crippen LogP contribution in [0.15, 0.2) is 47.1 Å². The molecule has 8 nitrogen and oxygen atoms in total. The second-order valence-corrected chi connectivity index (χ2v) is 9.19. The highest BCUT2D eigenvalue weighted by Gasteiger charge is 2.15. The summed E-state index contributed by atoms with van der Waals surface area (Å²) < 4.78 is 27.5. The van der Waals surface area contributed by atoms with Crippen molar-refractivity contribution in [1.82, 2.24) is 19.7 Å². The number of anilines is 3. The Morgan fingerprint density at radius 2 is 1.79 bits per heavy atom. The number of nitrogens with zero attached hydrogens (tertiary/aromatic N) is 3. The molecule has 0 atom stereocenters. The SMILES string of the molecule is CCc1ccc(S(=O)(=O)NCCNc2cc(Nc3cc(C)ccn3)ncn2)s1. The molecule has 0 aliphatic carbocycles. The van der Waals surface area contributed by atoms with Crippen LogP contribution in [-0.4, -0.2) is 36.5 Å². The second-order valence-electron chi connectivity index (χ2n) is 6.03. The van der Waals surface area contributed by atoms with Gasteiger partial charge in [-0.2, -0.15) is 0 Å². The third-order valence-corrected chi connectivity index (χ3v) is 6.99. The van der Waals surface area contributed by atoms with Crippen LogP contribution in [0.5, 0.6) is 0 Å². The number of hydrogen-bond donors (Lipinski definition) is 3. The Labute approximate surface area is 168 Å². The molecule has 0 unspecified atom stereocenters. The summed E-state index contributed by atoms with van der Waals surface area (Å²) in [6, 6.07) is 9.05. The molecule has 0 aliphatic heterocycles. The average molecular weight is 419 g/mol. The van der Waals surface area contributed by atoms with Crippen molar-refractivity contribution < 1.29 is 8.42 Å². The maximum Gasteiger partial charge on any atom is 0.250 e. The van der Waals surface area contributed by atoms with Gasteiger partial charge in [0.05, 0.1) is 0 Å².